The molecule has 2 aromatic rings. The summed E-state index contributed by atoms with van der Waals surface area (Å²) >= 11 is 1.54. The lowest BCUT2D eigenvalue weighted by atomic mass is 10.0. The zero-order chi connectivity index (χ0) is 12.4. The molecule has 0 aliphatic carbocycles. The van der Waals surface area contributed by atoms with Gasteiger partial charge < -0.3 is 11.5 Å². The molecule has 17 heavy (non-hydrogen) atoms. The van der Waals surface area contributed by atoms with Gasteiger partial charge in [-0.3, -0.25) is 0 Å². The zero-order valence-electron chi connectivity index (χ0n) is 10.2. The molecular weight excluding hydrogens is 230 g/mol. The molecule has 1 heterocycles. The topological polar surface area (TPSA) is 64.9 Å². The van der Waals surface area contributed by atoms with Crippen LogP contribution in [0.4, 0.5) is 5.13 Å². The molecular formula is C13H17N3S. The lowest BCUT2D eigenvalue weighted by Gasteiger charge is -2.06. The third-order valence-corrected chi connectivity index (χ3v) is 3.68. The summed E-state index contributed by atoms with van der Waals surface area (Å²) in [4.78, 5) is 5.62. The molecule has 3 nitrogen and oxygen atoms in total. The minimum atomic E-state index is 0.615. The Morgan fingerprint density at radius 1 is 1.29 bits per heavy atom. The molecule has 1 aromatic heterocycles. The summed E-state index contributed by atoms with van der Waals surface area (Å²) in [7, 11) is 0. The largest absolute Gasteiger partial charge is 0.375 e. The van der Waals surface area contributed by atoms with E-state index in [2.05, 4.69) is 37.0 Å². The summed E-state index contributed by atoms with van der Waals surface area (Å²) in [6, 6.07) is 6.38. The normalized spacial score (nSPS) is 10.8. The van der Waals surface area contributed by atoms with Crippen molar-refractivity contribution in [3.05, 3.63) is 34.2 Å². The number of aryl methyl sites for hydroxylation is 2. The number of hydrogen-bond acceptors (Lipinski definition) is 4. The number of rotatable bonds is 3. The fraction of sp³-hybridized carbons (Fsp3) is 0.308. The number of nitrogen functional groups attached to an aromatic ring is 1. The van der Waals surface area contributed by atoms with Crippen LogP contribution < -0.4 is 11.5 Å². The van der Waals surface area contributed by atoms with Crippen LogP contribution in [0.25, 0.3) is 11.3 Å². The van der Waals surface area contributed by atoms with Crippen LogP contribution in [-0.2, 0) is 6.42 Å². The molecule has 0 aliphatic rings. The maximum absolute atomic E-state index is 5.80. The zero-order valence-corrected chi connectivity index (χ0v) is 11.0. The van der Waals surface area contributed by atoms with Gasteiger partial charge in [-0.1, -0.05) is 17.7 Å². The molecule has 0 saturated heterocycles. The highest BCUT2D eigenvalue weighted by Gasteiger charge is 2.13. The van der Waals surface area contributed by atoms with Gasteiger partial charge in [-0.25, -0.2) is 4.98 Å². The van der Waals surface area contributed by atoms with E-state index in [1.807, 2.05) is 0 Å². The number of nitrogens with two attached hydrogens (primary N) is 2. The van der Waals surface area contributed by atoms with E-state index in [0.29, 0.717) is 11.7 Å². The predicted molar refractivity (Wildman–Crippen MR) is 74.2 cm³/mol. The van der Waals surface area contributed by atoms with Crippen molar-refractivity contribution in [2.24, 2.45) is 5.73 Å². The molecule has 0 atom stereocenters. The molecule has 0 aliphatic heterocycles. The van der Waals surface area contributed by atoms with E-state index in [1.54, 1.807) is 0 Å². The monoisotopic (exact) mass is 247 g/mol. The first-order valence-electron chi connectivity index (χ1n) is 5.64. The van der Waals surface area contributed by atoms with Gasteiger partial charge in [0.05, 0.1) is 5.69 Å². The second-order valence-electron chi connectivity index (χ2n) is 4.18. The molecule has 0 fully saturated rings. The average Bonchev–Trinajstić information content (AvgIpc) is 2.64. The lowest BCUT2D eigenvalue weighted by Crippen LogP contribution is -2.02. The van der Waals surface area contributed by atoms with Gasteiger partial charge >= 0.3 is 0 Å². The molecule has 0 bridgehead atoms. The van der Waals surface area contributed by atoms with Crippen molar-refractivity contribution in [2.45, 2.75) is 20.3 Å². The summed E-state index contributed by atoms with van der Waals surface area (Å²) in [6.45, 7) is 4.80. The standard InChI is InChI=1S/C13H17N3S/c1-8-3-4-9(2)10(7-8)12-11(5-6-14)17-13(15)16-12/h3-4,7H,5-6,14H2,1-2H3,(H2,15,16). The SMILES string of the molecule is Cc1ccc(C)c(-c2nc(N)sc2CCN)c1. The van der Waals surface area contributed by atoms with Crippen molar-refractivity contribution in [2.75, 3.05) is 12.3 Å². The fourth-order valence-electron chi connectivity index (χ4n) is 1.87. The molecule has 1 aromatic carbocycles. The van der Waals surface area contributed by atoms with Crippen LogP contribution in [-0.4, -0.2) is 11.5 Å². The molecule has 0 saturated carbocycles. The summed E-state index contributed by atoms with van der Waals surface area (Å²) in [5, 5.41) is 0.615. The van der Waals surface area contributed by atoms with Gasteiger partial charge in [-0.05, 0) is 38.4 Å². The Kier molecular flexibility index (Phi) is 3.45. The molecule has 90 valence electrons. The van der Waals surface area contributed by atoms with Crippen LogP contribution in [0, 0.1) is 13.8 Å². The Morgan fingerprint density at radius 2 is 2.06 bits per heavy atom. The van der Waals surface area contributed by atoms with Gasteiger partial charge in [0.15, 0.2) is 5.13 Å². The Balaban J connectivity index is 2.55. The molecule has 4 heteroatoms. The number of aromatic nitrogens is 1. The van der Waals surface area contributed by atoms with Crippen molar-refractivity contribution in [1.82, 2.24) is 4.98 Å². The Morgan fingerprint density at radius 3 is 2.76 bits per heavy atom. The third kappa shape index (κ3) is 2.48. The molecule has 2 rings (SSSR count). The summed E-state index contributed by atoms with van der Waals surface area (Å²) in [5.41, 5.74) is 16.0. The molecule has 0 amide bonds. The second-order valence-corrected chi connectivity index (χ2v) is 5.30. The Bertz CT molecular complexity index is 531. The first kappa shape index (κ1) is 12.1. The molecule has 0 unspecified atom stereocenters. The molecule has 0 radical (unpaired) electrons. The fourth-order valence-corrected chi connectivity index (χ4v) is 2.73. The maximum Gasteiger partial charge on any atom is 0.180 e. The van der Waals surface area contributed by atoms with E-state index in [0.717, 1.165) is 12.1 Å². The van der Waals surface area contributed by atoms with Crippen molar-refractivity contribution < 1.29 is 0 Å². The summed E-state index contributed by atoms with van der Waals surface area (Å²) in [6.07, 6.45) is 0.831. The van der Waals surface area contributed by atoms with E-state index in [-0.39, 0.29) is 0 Å². The summed E-state index contributed by atoms with van der Waals surface area (Å²) < 4.78 is 0. The highest BCUT2D eigenvalue weighted by Crippen LogP contribution is 2.32. The van der Waals surface area contributed by atoms with E-state index in [1.165, 1.54) is 32.9 Å². The minimum absolute atomic E-state index is 0.615. The van der Waals surface area contributed by atoms with Crippen LogP contribution in [0.1, 0.15) is 16.0 Å². The van der Waals surface area contributed by atoms with Crippen LogP contribution >= 0.6 is 11.3 Å². The van der Waals surface area contributed by atoms with Gasteiger partial charge in [-0.2, -0.15) is 0 Å². The second kappa shape index (κ2) is 4.85. The number of thiazole rings is 1. The van der Waals surface area contributed by atoms with Crippen molar-refractivity contribution in [3.8, 4) is 11.3 Å². The van der Waals surface area contributed by atoms with Crippen molar-refractivity contribution in [3.63, 3.8) is 0 Å². The van der Waals surface area contributed by atoms with Gasteiger partial charge in [0.2, 0.25) is 0 Å². The number of nitrogens with zero attached hydrogens (tertiary/aromatic N) is 1. The van der Waals surface area contributed by atoms with Gasteiger partial charge in [0, 0.05) is 10.4 Å². The van der Waals surface area contributed by atoms with Crippen molar-refractivity contribution in [1.29, 1.82) is 0 Å². The van der Waals surface area contributed by atoms with Crippen molar-refractivity contribution >= 4 is 16.5 Å². The Hall–Kier alpha value is -1.39. The number of hydrogen-bond donors (Lipinski definition) is 2. The average molecular weight is 247 g/mol. The summed E-state index contributed by atoms with van der Waals surface area (Å²) in [5.74, 6) is 0. The number of anilines is 1. The first-order valence-corrected chi connectivity index (χ1v) is 6.46. The number of benzene rings is 1. The van der Waals surface area contributed by atoms with Gasteiger partial charge in [0.1, 0.15) is 0 Å². The molecule has 0 spiro atoms. The lowest BCUT2D eigenvalue weighted by molar-refractivity contribution is 0.985. The van der Waals surface area contributed by atoms with E-state index in [4.69, 9.17) is 11.5 Å². The van der Waals surface area contributed by atoms with Crippen LogP contribution in [0.3, 0.4) is 0 Å². The third-order valence-electron chi connectivity index (χ3n) is 2.73. The van der Waals surface area contributed by atoms with Crippen LogP contribution in [0.5, 0.6) is 0 Å². The predicted octanol–water partition coefficient (Wildman–Crippen LogP) is 2.51. The van der Waals surface area contributed by atoms with E-state index in [9.17, 15) is 0 Å². The highest BCUT2D eigenvalue weighted by atomic mass is 32.1. The highest BCUT2D eigenvalue weighted by molar-refractivity contribution is 7.15. The van der Waals surface area contributed by atoms with Crippen LogP contribution in [0.2, 0.25) is 0 Å². The minimum Gasteiger partial charge on any atom is -0.375 e. The quantitative estimate of drug-likeness (QED) is 0.876. The smallest absolute Gasteiger partial charge is 0.180 e. The Labute approximate surface area is 105 Å². The molecule has 4 N–H and O–H groups in total. The van der Waals surface area contributed by atoms with E-state index >= 15 is 0 Å². The first-order chi connectivity index (χ1) is 8.11. The van der Waals surface area contributed by atoms with Gasteiger partial charge in [0.25, 0.3) is 0 Å². The van der Waals surface area contributed by atoms with Crippen LogP contribution in [0.15, 0.2) is 18.2 Å². The maximum atomic E-state index is 5.80. The van der Waals surface area contributed by atoms with Gasteiger partial charge in [-0.15, -0.1) is 11.3 Å². The van der Waals surface area contributed by atoms with E-state index < -0.39 is 0 Å².